The van der Waals surface area contributed by atoms with E-state index >= 15 is 0 Å². The Morgan fingerprint density at radius 1 is 1.33 bits per heavy atom. The smallest absolute Gasteiger partial charge is 0.308 e. The zero-order valence-corrected chi connectivity index (χ0v) is 13.2. The lowest BCUT2D eigenvalue weighted by atomic mass is 9.99. The van der Waals surface area contributed by atoms with Gasteiger partial charge in [-0.1, -0.05) is 18.7 Å². The Morgan fingerprint density at radius 3 is 2.48 bits per heavy atom. The van der Waals surface area contributed by atoms with E-state index in [-0.39, 0.29) is 17.6 Å². The Morgan fingerprint density at radius 2 is 1.95 bits per heavy atom. The van der Waals surface area contributed by atoms with E-state index in [9.17, 15) is 9.59 Å². The van der Waals surface area contributed by atoms with Crippen LogP contribution >= 0.6 is 11.8 Å². The number of likely N-dealkylation sites (tertiary alicyclic amines) is 1. The SMILES string of the molecule is Cc1cc(C)nc(SCC(=O)N2C[C@@H](C)[C@H](C(=O)O)C2)n1. The molecule has 114 valence electrons. The zero-order valence-electron chi connectivity index (χ0n) is 12.4. The second-order valence-electron chi connectivity index (χ2n) is 5.44. The first kappa shape index (κ1) is 15.8. The van der Waals surface area contributed by atoms with E-state index in [1.165, 1.54) is 11.8 Å². The summed E-state index contributed by atoms with van der Waals surface area (Å²) < 4.78 is 0. The van der Waals surface area contributed by atoms with Crippen LogP contribution < -0.4 is 0 Å². The van der Waals surface area contributed by atoms with Crippen LogP contribution in [0.25, 0.3) is 0 Å². The Balaban J connectivity index is 1.92. The van der Waals surface area contributed by atoms with Crippen molar-refractivity contribution in [3.63, 3.8) is 0 Å². The fourth-order valence-corrected chi connectivity index (χ4v) is 3.32. The van der Waals surface area contributed by atoms with E-state index in [1.807, 2.05) is 26.8 Å². The molecule has 2 atom stereocenters. The standard InChI is InChI=1S/C14H19N3O3S/c1-8-5-17(6-11(8)13(19)20)12(18)7-21-14-15-9(2)4-10(3)16-14/h4,8,11H,5-7H2,1-3H3,(H,19,20)/t8-,11-/m1/s1. The number of amides is 1. The van der Waals surface area contributed by atoms with Crippen LogP contribution in [-0.4, -0.2) is 50.7 Å². The molecule has 1 aliphatic heterocycles. The molecule has 0 spiro atoms. The first-order chi connectivity index (χ1) is 9.86. The van der Waals surface area contributed by atoms with Crippen LogP contribution in [0.15, 0.2) is 11.2 Å². The van der Waals surface area contributed by atoms with Crippen molar-refractivity contribution in [2.45, 2.75) is 25.9 Å². The molecule has 1 aromatic heterocycles. The summed E-state index contributed by atoms with van der Waals surface area (Å²) in [5.41, 5.74) is 1.75. The number of carboxylic acids is 1. The third-order valence-corrected chi connectivity index (χ3v) is 4.40. The van der Waals surface area contributed by atoms with Crippen molar-refractivity contribution in [1.29, 1.82) is 0 Å². The minimum Gasteiger partial charge on any atom is -0.481 e. The van der Waals surface area contributed by atoms with Gasteiger partial charge in [0.25, 0.3) is 0 Å². The van der Waals surface area contributed by atoms with E-state index in [2.05, 4.69) is 9.97 Å². The quantitative estimate of drug-likeness (QED) is 0.668. The second-order valence-corrected chi connectivity index (χ2v) is 6.39. The van der Waals surface area contributed by atoms with E-state index < -0.39 is 11.9 Å². The minimum absolute atomic E-state index is 0.00564. The molecule has 0 bridgehead atoms. The van der Waals surface area contributed by atoms with Gasteiger partial charge in [-0.25, -0.2) is 9.97 Å². The number of nitrogens with zero attached hydrogens (tertiary/aromatic N) is 3. The molecule has 2 heterocycles. The molecule has 0 aromatic carbocycles. The average Bonchev–Trinajstić information content (AvgIpc) is 2.77. The first-order valence-corrected chi connectivity index (χ1v) is 7.81. The summed E-state index contributed by atoms with van der Waals surface area (Å²) in [5, 5.41) is 9.68. The lowest BCUT2D eigenvalue weighted by Gasteiger charge is -2.15. The predicted octanol–water partition coefficient (Wildman–Crippen LogP) is 1.36. The van der Waals surface area contributed by atoms with E-state index in [0.717, 1.165) is 11.4 Å². The summed E-state index contributed by atoms with van der Waals surface area (Å²) >= 11 is 1.29. The van der Waals surface area contributed by atoms with Crippen LogP contribution in [0.4, 0.5) is 0 Å². The number of rotatable bonds is 4. The number of carboxylic acid groups (broad SMARTS) is 1. The minimum atomic E-state index is -0.830. The molecule has 1 aromatic rings. The van der Waals surface area contributed by atoms with Gasteiger partial charge in [0.2, 0.25) is 5.91 Å². The van der Waals surface area contributed by atoms with Gasteiger partial charge in [-0.05, 0) is 25.8 Å². The Labute approximate surface area is 128 Å². The van der Waals surface area contributed by atoms with E-state index in [0.29, 0.717) is 18.2 Å². The molecular formula is C14H19N3O3S. The highest BCUT2D eigenvalue weighted by atomic mass is 32.2. The fourth-order valence-electron chi connectivity index (χ4n) is 2.47. The summed E-state index contributed by atoms with van der Waals surface area (Å²) in [5.74, 6) is -1.12. The van der Waals surface area contributed by atoms with Crippen molar-refractivity contribution in [3.8, 4) is 0 Å². The van der Waals surface area contributed by atoms with E-state index in [4.69, 9.17) is 5.11 Å². The van der Waals surface area contributed by atoms with Gasteiger partial charge >= 0.3 is 5.97 Å². The van der Waals surface area contributed by atoms with Crippen LogP contribution in [-0.2, 0) is 9.59 Å². The summed E-state index contributed by atoms with van der Waals surface area (Å²) in [6, 6.07) is 1.88. The van der Waals surface area contributed by atoms with Crippen molar-refractivity contribution >= 4 is 23.6 Å². The van der Waals surface area contributed by atoms with Gasteiger partial charge in [0.05, 0.1) is 11.7 Å². The normalized spacial score (nSPS) is 21.6. The molecular weight excluding hydrogens is 290 g/mol. The number of carbonyl (C=O) groups excluding carboxylic acids is 1. The number of thioether (sulfide) groups is 1. The van der Waals surface area contributed by atoms with Gasteiger partial charge in [0.15, 0.2) is 5.16 Å². The molecule has 1 saturated heterocycles. The third-order valence-electron chi connectivity index (χ3n) is 3.57. The fraction of sp³-hybridized carbons (Fsp3) is 0.571. The molecule has 0 radical (unpaired) electrons. The lowest BCUT2D eigenvalue weighted by Crippen LogP contribution is -2.31. The molecule has 2 rings (SSSR count). The number of hydrogen-bond acceptors (Lipinski definition) is 5. The molecule has 1 N–H and O–H groups in total. The topological polar surface area (TPSA) is 83.4 Å². The molecule has 7 heteroatoms. The van der Waals surface area contributed by atoms with Gasteiger partial charge in [0, 0.05) is 24.5 Å². The largest absolute Gasteiger partial charge is 0.481 e. The highest BCUT2D eigenvalue weighted by Crippen LogP contribution is 2.24. The number of carbonyl (C=O) groups is 2. The third kappa shape index (κ3) is 3.93. The number of aromatic nitrogens is 2. The Hall–Kier alpha value is -1.63. The average molecular weight is 309 g/mol. The molecule has 0 saturated carbocycles. The number of aliphatic carboxylic acids is 1. The van der Waals surface area contributed by atoms with Crippen molar-refractivity contribution in [1.82, 2.24) is 14.9 Å². The number of hydrogen-bond donors (Lipinski definition) is 1. The highest BCUT2D eigenvalue weighted by Gasteiger charge is 2.36. The maximum atomic E-state index is 12.2. The van der Waals surface area contributed by atoms with Crippen LogP contribution in [0.3, 0.4) is 0 Å². The molecule has 6 nitrogen and oxygen atoms in total. The van der Waals surface area contributed by atoms with Crippen LogP contribution in [0.5, 0.6) is 0 Å². The lowest BCUT2D eigenvalue weighted by molar-refractivity contribution is -0.142. The van der Waals surface area contributed by atoms with Crippen LogP contribution in [0, 0.1) is 25.7 Å². The van der Waals surface area contributed by atoms with Crippen molar-refractivity contribution in [3.05, 3.63) is 17.5 Å². The number of aryl methyl sites for hydroxylation is 2. The molecule has 1 aliphatic rings. The van der Waals surface area contributed by atoms with Crippen LogP contribution in [0.2, 0.25) is 0 Å². The molecule has 1 amide bonds. The Bertz CT molecular complexity index is 544. The summed E-state index contributed by atoms with van der Waals surface area (Å²) in [6.45, 7) is 6.44. The van der Waals surface area contributed by atoms with Gasteiger partial charge < -0.3 is 10.0 Å². The van der Waals surface area contributed by atoms with Crippen molar-refractivity contribution in [2.75, 3.05) is 18.8 Å². The van der Waals surface area contributed by atoms with Crippen molar-refractivity contribution in [2.24, 2.45) is 11.8 Å². The van der Waals surface area contributed by atoms with E-state index in [1.54, 1.807) is 4.90 Å². The van der Waals surface area contributed by atoms with Crippen molar-refractivity contribution < 1.29 is 14.7 Å². The maximum absolute atomic E-state index is 12.2. The summed E-state index contributed by atoms with van der Waals surface area (Å²) in [6.07, 6.45) is 0. The van der Waals surface area contributed by atoms with Gasteiger partial charge in [-0.2, -0.15) is 0 Å². The summed E-state index contributed by atoms with van der Waals surface area (Å²) in [4.78, 5) is 33.4. The summed E-state index contributed by atoms with van der Waals surface area (Å²) in [7, 11) is 0. The van der Waals surface area contributed by atoms with Gasteiger partial charge in [-0.15, -0.1) is 0 Å². The van der Waals surface area contributed by atoms with Crippen LogP contribution in [0.1, 0.15) is 18.3 Å². The molecule has 0 unspecified atom stereocenters. The molecule has 0 aliphatic carbocycles. The first-order valence-electron chi connectivity index (χ1n) is 6.82. The molecule has 21 heavy (non-hydrogen) atoms. The molecule has 1 fully saturated rings. The maximum Gasteiger partial charge on any atom is 0.308 e. The monoisotopic (exact) mass is 309 g/mol. The predicted molar refractivity (Wildman–Crippen MR) is 79.1 cm³/mol. The second kappa shape index (κ2) is 6.43. The van der Waals surface area contributed by atoms with Gasteiger partial charge in [-0.3, -0.25) is 9.59 Å². The van der Waals surface area contributed by atoms with Gasteiger partial charge in [0.1, 0.15) is 0 Å². The zero-order chi connectivity index (χ0) is 15.6. The highest BCUT2D eigenvalue weighted by molar-refractivity contribution is 7.99. The Kier molecular flexibility index (Phi) is 4.82.